The molecule has 206 valence electrons. The van der Waals surface area contributed by atoms with Gasteiger partial charge in [-0.15, -0.1) is 0 Å². The summed E-state index contributed by atoms with van der Waals surface area (Å²) in [5, 5.41) is 0. The summed E-state index contributed by atoms with van der Waals surface area (Å²) in [5.74, 6) is -2.79. The molecule has 3 aliphatic carbocycles. The smallest absolute Gasteiger partial charge is 0.338 e. The van der Waals surface area contributed by atoms with Crippen LogP contribution in [0.3, 0.4) is 0 Å². The van der Waals surface area contributed by atoms with Gasteiger partial charge in [0.25, 0.3) is 0 Å². The maximum Gasteiger partial charge on any atom is 0.338 e. The molecule has 3 aliphatic rings. The van der Waals surface area contributed by atoms with Crippen LogP contribution in [-0.4, -0.2) is 41.5 Å². The zero-order chi connectivity index (χ0) is 28.0. The molecule has 1 aromatic carbocycles. The Morgan fingerprint density at radius 2 is 1.63 bits per heavy atom. The van der Waals surface area contributed by atoms with E-state index in [1.54, 1.807) is 30.3 Å². The molecule has 0 radical (unpaired) electrons. The number of carbonyl (C=O) groups excluding carboxylic acids is 4. The second-order valence-electron chi connectivity index (χ2n) is 12.2. The first-order chi connectivity index (χ1) is 17.8. The van der Waals surface area contributed by atoms with Crippen molar-refractivity contribution in [3.63, 3.8) is 0 Å². The minimum Gasteiger partial charge on any atom is -0.458 e. The number of rotatable bonds is 4. The Labute approximate surface area is 225 Å². The molecular formula is C31H40O7. The fourth-order valence-corrected chi connectivity index (χ4v) is 7.28. The monoisotopic (exact) mass is 524 g/mol. The number of ketones is 1. The molecule has 3 saturated carbocycles. The van der Waals surface area contributed by atoms with E-state index >= 15 is 0 Å². The van der Waals surface area contributed by atoms with E-state index in [2.05, 4.69) is 20.4 Å². The SMILES string of the molecule is C=C1CC[C@H]2[C@@H](C[C@@H](C)C(=O)[C@@]3(OC(C)=O)C[C@H](C)[C@H](OC(=O)c4ccccc4)[C@@H]3[C@H]1OC(C)=O)C2(C)C. The van der Waals surface area contributed by atoms with Crippen LogP contribution < -0.4 is 0 Å². The van der Waals surface area contributed by atoms with E-state index in [9.17, 15) is 19.2 Å². The summed E-state index contributed by atoms with van der Waals surface area (Å²) in [6.07, 6.45) is 0.485. The third-order valence-corrected chi connectivity index (χ3v) is 9.21. The lowest BCUT2D eigenvalue weighted by molar-refractivity contribution is -0.182. The van der Waals surface area contributed by atoms with E-state index in [1.807, 2.05) is 13.8 Å². The summed E-state index contributed by atoms with van der Waals surface area (Å²) in [4.78, 5) is 52.5. The number of Topliss-reactive ketones (excluding diaryl/α,β-unsaturated/α-hetero) is 1. The highest BCUT2D eigenvalue weighted by molar-refractivity contribution is 5.93. The van der Waals surface area contributed by atoms with Crippen molar-refractivity contribution in [1.82, 2.24) is 0 Å². The molecular weight excluding hydrogens is 484 g/mol. The van der Waals surface area contributed by atoms with Crippen molar-refractivity contribution in [2.45, 2.75) is 85.0 Å². The van der Waals surface area contributed by atoms with Crippen molar-refractivity contribution in [2.75, 3.05) is 0 Å². The lowest BCUT2D eigenvalue weighted by Gasteiger charge is -2.40. The van der Waals surface area contributed by atoms with Crippen molar-refractivity contribution in [1.29, 1.82) is 0 Å². The molecule has 7 nitrogen and oxygen atoms in total. The number of hydrogen-bond donors (Lipinski definition) is 0. The Morgan fingerprint density at radius 1 is 0.974 bits per heavy atom. The molecule has 0 N–H and O–H groups in total. The first kappa shape index (κ1) is 28.1. The number of hydrogen-bond acceptors (Lipinski definition) is 7. The predicted octanol–water partition coefficient (Wildman–Crippen LogP) is 5.32. The number of benzene rings is 1. The van der Waals surface area contributed by atoms with Crippen molar-refractivity contribution in [2.24, 2.45) is 35.0 Å². The van der Waals surface area contributed by atoms with E-state index in [-0.39, 0.29) is 23.5 Å². The van der Waals surface area contributed by atoms with Crippen LogP contribution in [0.1, 0.15) is 77.6 Å². The molecule has 38 heavy (non-hydrogen) atoms. The van der Waals surface area contributed by atoms with E-state index in [0.29, 0.717) is 35.8 Å². The Kier molecular flexibility index (Phi) is 7.61. The first-order valence-electron chi connectivity index (χ1n) is 13.6. The molecule has 0 bridgehead atoms. The third kappa shape index (κ3) is 5.04. The lowest BCUT2D eigenvalue weighted by atomic mass is 9.74. The van der Waals surface area contributed by atoms with Crippen LogP contribution in [0.4, 0.5) is 0 Å². The molecule has 0 unspecified atom stereocenters. The normalized spacial score (nSPS) is 36.2. The summed E-state index contributed by atoms with van der Waals surface area (Å²) in [6, 6.07) is 8.60. The van der Waals surface area contributed by atoms with Gasteiger partial charge in [-0.25, -0.2) is 4.79 Å². The highest BCUT2D eigenvalue weighted by Crippen LogP contribution is 2.64. The number of ether oxygens (including phenoxy) is 3. The molecule has 7 heteroatoms. The van der Waals surface area contributed by atoms with Crippen LogP contribution in [0.2, 0.25) is 0 Å². The molecule has 0 aliphatic heterocycles. The molecule has 0 spiro atoms. The van der Waals surface area contributed by atoms with E-state index in [0.717, 1.165) is 6.42 Å². The zero-order valence-corrected chi connectivity index (χ0v) is 23.3. The van der Waals surface area contributed by atoms with Crippen molar-refractivity contribution in [3.8, 4) is 0 Å². The van der Waals surface area contributed by atoms with Crippen LogP contribution in [0.15, 0.2) is 42.5 Å². The van der Waals surface area contributed by atoms with Crippen molar-refractivity contribution in [3.05, 3.63) is 48.0 Å². The second kappa shape index (κ2) is 10.3. The first-order valence-corrected chi connectivity index (χ1v) is 13.6. The summed E-state index contributed by atoms with van der Waals surface area (Å²) < 4.78 is 17.9. The van der Waals surface area contributed by atoms with Crippen molar-refractivity contribution < 1.29 is 33.4 Å². The van der Waals surface area contributed by atoms with E-state index < -0.39 is 47.6 Å². The highest BCUT2D eigenvalue weighted by atomic mass is 16.6. The van der Waals surface area contributed by atoms with E-state index in [4.69, 9.17) is 14.2 Å². The van der Waals surface area contributed by atoms with Gasteiger partial charge in [0.15, 0.2) is 11.4 Å². The number of fused-ring (bicyclic) bond motifs is 2. The fraction of sp³-hybridized carbons (Fsp3) is 0.613. The molecule has 4 rings (SSSR count). The van der Waals surface area contributed by atoms with Crippen molar-refractivity contribution >= 4 is 23.7 Å². The molecule has 3 fully saturated rings. The fourth-order valence-electron chi connectivity index (χ4n) is 7.28. The molecule has 0 aromatic heterocycles. The number of carbonyl (C=O) groups is 4. The standard InChI is InChI=1S/C31H40O7/c1-17-13-14-23-24(30(23,6)7)15-18(2)28(34)31(38-21(5)33)16-19(3)27(25(31)26(17)36-20(4)32)37-29(35)22-11-9-8-10-12-22/h8-12,18-19,23-27H,1,13-16H2,2-7H3/t18-,19+,23+,24-,25+,26+,27+,31-/m1/s1. The van der Waals surface area contributed by atoms with Gasteiger partial charge in [-0.1, -0.05) is 52.5 Å². The average Bonchev–Trinajstić information content (AvgIpc) is 3.24. The van der Waals surface area contributed by atoms with E-state index in [1.165, 1.54) is 13.8 Å². The van der Waals surface area contributed by atoms with Gasteiger partial charge in [-0.2, -0.15) is 0 Å². The Hall–Kier alpha value is -2.96. The quantitative estimate of drug-likeness (QED) is 0.299. The van der Waals surface area contributed by atoms with Crippen LogP contribution >= 0.6 is 0 Å². The molecule has 8 atom stereocenters. The minimum absolute atomic E-state index is 0.0929. The Balaban J connectivity index is 1.83. The van der Waals surface area contributed by atoms with Gasteiger partial charge < -0.3 is 14.2 Å². The van der Waals surface area contributed by atoms with Crippen LogP contribution in [0, 0.1) is 35.0 Å². The summed E-state index contributed by atoms with van der Waals surface area (Å²) in [6.45, 7) is 15.1. The average molecular weight is 525 g/mol. The molecule has 0 amide bonds. The summed E-state index contributed by atoms with van der Waals surface area (Å²) in [7, 11) is 0. The molecule has 0 heterocycles. The molecule has 0 saturated heterocycles. The Bertz CT molecular complexity index is 1120. The van der Waals surface area contributed by atoms with Gasteiger partial charge in [0.1, 0.15) is 12.2 Å². The van der Waals surface area contributed by atoms with Crippen LogP contribution in [0.5, 0.6) is 0 Å². The maximum atomic E-state index is 14.4. The van der Waals surface area contributed by atoms with Gasteiger partial charge in [-0.05, 0) is 60.1 Å². The van der Waals surface area contributed by atoms with Crippen LogP contribution in [0.25, 0.3) is 0 Å². The van der Waals surface area contributed by atoms with Crippen LogP contribution in [-0.2, 0) is 28.6 Å². The third-order valence-electron chi connectivity index (χ3n) is 9.21. The predicted molar refractivity (Wildman–Crippen MR) is 141 cm³/mol. The summed E-state index contributed by atoms with van der Waals surface area (Å²) >= 11 is 0. The second-order valence-corrected chi connectivity index (χ2v) is 12.2. The molecule has 1 aromatic rings. The van der Waals surface area contributed by atoms with Gasteiger partial charge in [0.05, 0.1) is 11.5 Å². The lowest BCUT2D eigenvalue weighted by Crippen LogP contribution is -2.56. The van der Waals surface area contributed by atoms with Gasteiger partial charge in [0, 0.05) is 26.2 Å². The number of esters is 3. The summed E-state index contributed by atoms with van der Waals surface area (Å²) in [5.41, 5.74) is -0.518. The zero-order valence-electron chi connectivity index (χ0n) is 23.3. The van der Waals surface area contributed by atoms with Gasteiger partial charge in [0.2, 0.25) is 0 Å². The maximum absolute atomic E-state index is 14.4. The largest absolute Gasteiger partial charge is 0.458 e. The van der Waals surface area contributed by atoms with Gasteiger partial charge >= 0.3 is 17.9 Å². The minimum atomic E-state index is -1.62. The Morgan fingerprint density at radius 3 is 2.24 bits per heavy atom. The van der Waals surface area contributed by atoms with Gasteiger partial charge in [-0.3, -0.25) is 14.4 Å². The topological polar surface area (TPSA) is 96.0 Å². The highest BCUT2D eigenvalue weighted by Gasteiger charge is 2.66.